The number of nitrogens with zero attached hydrogens (tertiary/aromatic N) is 2. The van der Waals surface area contributed by atoms with E-state index in [1.54, 1.807) is 11.0 Å². The van der Waals surface area contributed by atoms with E-state index in [1.807, 2.05) is 26.8 Å². The molecule has 0 bridgehead atoms. The lowest BCUT2D eigenvalue weighted by Crippen LogP contribution is -2.44. The van der Waals surface area contributed by atoms with Crippen LogP contribution in [0.2, 0.25) is 0 Å². The Morgan fingerprint density at radius 2 is 2.30 bits per heavy atom. The van der Waals surface area contributed by atoms with Crippen LogP contribution in [-0.4, -0.2) is 53.4 Å². The van der Waals surface area contributed by atoms with Gasteiger partial charge in [0.25, 0.3) is 12.2 Å². The first-order valence-corrected chi connectivity index (χ1v) is 7.45. The largest absolute Gasteiger partial charge is 0.444 e. The van der Waals surface area contributed by atoms with E-state index >= 15 is 0 Å². The van der Waals surface area contributed by atoms with E-state index in [-0.39, 0.29) is 12.2 Å². The number of carbonyl (C=O) groups excluding carboxylic acids is 1. The zero-order chi connectivity index (χ0) is 17.0. The highest BCUT2D eigenvalue weighted by atomic mass is 16.6. The average Bonchev–Trinajstić information content (AvgIpc) is 2.96. The van der Waals surface area contributed by atoms with Gasteiger partial charge in [0.2, 0.25) is 0 Å². The molecule has 1 aromatic heterocycles. The van der Waals surface area contributed by atoms with Crippen LogP contribution in [0.4, 0.5) is 4.79 Å². The van der Waals surface area contributed by atoms with Gasteiger partial charge in [-0.05, 0) is 37.9 Å². The highest BCUT2D eigenvalue weighted by Crippen LogP contribution is 2.23. The third kappa shape index (κ3) is 4.56. The maximum absolute atomic E-state index is 12.2. The number of hydrogen-bond acceptors (Lipinski definition) is 3. The molecule has 1 aliphatic rings. The summed E-state index contributed by atoms with van der Waals surface area (Å²) < 4.78 is 11.1. The SMILES string of the molecule is CC(C)(C)OC(=O)N1CCOC(c2ccc(C(N)=NC=[NH2+])[nH]2)C1. The number of morpholine rings is 1. The second kappa shape index (κ2) is 6.82. The first-order chi connectivity index (χ1) is 10.8. The molecule has 2 rings (SSSR count). The van der Waals surface area contributed by atoms with Crippen molar-refractivity contribution in [1.82, 2.24) is 9.88 Å². The van der Waals surface area contributed by atoms with E-state index in [9.17, 15) is 4.79 Å². The molecule has 1 saturated heterocycles. The third-order valence-electron chi connectivity index (χ3n) is 3.26. The Labute approximate surface area is 135 Å². The number of nitrogens with one attached hydrogen (secondary N) is 1. The van der Waals surface area contributed by atoms with Crippen molar-refractivity contribution in [2.45, 2.75) is 32.5 Å². The molecule has 1 aromatic rings. The lowest BCUT2D eigenvalue weighted by atomic mass is 10.2. The van der Waals surface area contributed by atoms with E-state index in [4.69, 9.17) is 20.6 Å². The lowest BCUT2D eigenvalue weighted by Gasteiger charge is -2.33. The molecule has 1 aliphatic heterocycles. The van der Waals surface area contributed by atoms with Crippen molar-refractivity contribution in [3.05, 3.63) is 23.5 Å². The topological polar surface area (TPSA) is 119 Å². The summed E-state index contributed by atoms with van der Waals surface area (Å²) in [6.45, 7) is 6.89. The van der Waals surface area contributed by atoms with Gasteiger partial charge in [0, 0.05) is 12.2 Å². The van der Waals surface area contributed by atoms with Gasteiger partial charge in [-0.2, -0.15) is 0 Å². The summed E-state index contributed by atoms with van der Waals surface area (Å²) in [4.78, 5) is 20.8. The number of aromatic amines is 1. The van der Waals surface area contributed by atoms with Gasteiger partial charge in [-0.15, -0.1) is 0 Å². The predicted molar refractivity (Wildman–Crippen MR) is 86.0 cm³/mol. The molecule has 126 valence electrons. The predicted octanol–water partition coefficient (Wildman–Crippen LogP) is -0.184. The molecule has 1 amide bonds. The van der Waals surface area contributed by atoms with Gasteiger partial charge >= 0.3 is 6.09 Å². The second-order valence-electron chi connectivity index (χ2n) is 6.28. The zero-order valence-electron chi connectivity index (χ0n) is 13.7. The van der Waals surface area contributed by atoms with Crippen molar-refractivity contribution in [3.8, 4) is 0 Å². The first kappa shape index (κ1) is 17.0. The summed E-state index contributed by atoms with van der Waals surface area (Å²) in [5, 5.41) is 5.23. The van der Waals surface area contributed by atoms with Crippen LogP contribution in [0.25, 0.3) is 0 Å². The van der Waals surface area contributed by atoms with Crippen molar-refractivity contribution in [1.29, 1.82) is 0 Å². The van der Waals surface area contributed by atoms with Crippen LogP contribution < -0.4 is 11.1 Å². The summed E-state index contributed by atoms with van der Waals surface area (Å²) in [6.07, 6.45) is 0.535. The van der Waals surface area contributed by atoms with Gasteiger partial charge in [0.1, 0.15) is 17.4 Å². The summed E-state index contributed by atoms with van der Waals surface area (Å²) in [7, 11) is 0. The molecule has 0 radical (unpaired) electrons. The molecule has 23 heavy (non-hydrogen) atoms. The van der Waals surface area contributed by atoms with Crippen LogP contribution in [0.3, 0.4) is 0 Å². The van der Waals surface area contributed by atoms with Crippen LogP contribution in [0.1, 0.15) is 38.3 Å². The molecule has 1 atom stereocenters. The molecule has 0 spiro atoms. The van der Waals surface area contributed by atoms with Gasteiger partial charge < -0.3 is 25.1 Å². The minimum atomic E-state index is -0.520. The smallest absolute Gasteiger partial charge is 0.410 e. The Hall–Kier alpha value is -2.35. The Kier molecular flexibility index (Phi) is 5.05. The molecule has 8 nitrogen and oxygen atoms in total. The summed E-state index contributed by atoms with van der Waals surface area (Å²) in [5.41, 5.74) is 6.73. The first-order valence-electron chi connectivity index (χ1n) is 7.45. The Morgan fingerprint density at radius 3 is 2.96 bits per heavy atom. The Bertz CT molecular complexity index is 602. The number of H-pyrrole nitrogens is 1. The van der Waals surface area contributed by atoms with Crippen molar-refractivity contribution < 1.29 is 19.7 Å². The minimum absolute atomic E-state index is 0.264. The number of rotatable bonds is 3. The number of amidine groups is 1. The number of aliphatic imine (C=N–C) groups is 1. The lowest BCUT2D eigenvalue weighted by molar-refractivity contribution is -0.106. The third-order valence-corrected chi connectivity index (χ3v) is 3.26. The molecule has 5 N–H and O–H groups in total. The minimum Gasteiger partial charge on any atom is -0.444 e. The van der Waals surface area contributed by atoms with E-state index in [0.717, 1.165) is 12.0 Å². The van der Waals surface area contributed by atoms with Crippen molar-refractivity contribution >= 4 is 18.3 Å². The van der Waals surface area contributed by atoms with Crippen LogP contribution in [0.15, 0.2) is 17.1 Å². The van der Waals surface area contributed by atoms with E-state index in [0.29, 0.717) is 31.2 Å². The van der Waals surface area contributed by atoms with E-state index < -0.39 is 5.60 Å². The van der Waals surface area contributed by atoms with Gasteiger partial charge in [0.15, 0.2) is 0 Å². The van der Waals surface area contributed by atoms with Crippen molar-refractivity contribution in [2.75, 3.05) is 19.7 Å². The van der Waals surface area contributed by atoms with Crippen molar-refractivity contribution in [2.24, 2.45) is 10.7 Å². The average molecular weight is 322 g/mol. The maximum Gasteiger partial charge on any atom is 0.410 e. The number of amides is 1. The monoisotopic (exact) mass is 322 g/mol. The number of ether oxygens (including phenoxy) is 2. The molecule has 2 heterocycles. The van der Waals surface area contributed by atoms with Gasteiger partial charge in [0.05, 0.1) is 13.2 Å². The second-order valence-corrected chi connectivity index (χ2v) is 6.28. The molecule has 0 saturated carbocycles. The highest BCUT2D eigenvalue weighted by Gasteiger charge is 2.29. The molecular weight excluding hydrogens is 298 g/mol. The van der Waals surface area contributed by atoms with Gasteiger partial charge in [-0.1, -0.05) is 0 Å². The molecule has 0 aromatic carbocycles. The number of aromatic nitrogens is 1. The van der Waals surface area contributed by atoms with Crippen LogP contribution in [-0.2, 0) is 9.47 Å². The molecule has 1 fully saturated rings. The normalized spacial score (nSPS) is 19.5. The standard InChI is InChI=1S/C15H23N5O3/c1-15(2,3)23-14(21)20-6-7-22-12(8-20)10-4-5-11(19-10)13(17)18-9-16/h4-5,9,12,19H,6-8H2,1-3H3,(H3,16,17,18)/p+1. The Balaban J connectivity index is 2.05. The van der Waals surface area contributed by atoms with E-state index in [1.165, 1.54) is 0 Å². The van der Waals surface area contributed by atoms with Gasteiger partial charge in [-0.25, -0.2) is 4.79 Å². The number of hydrogen-bond donors (Lipinski definition) is 3. The number of carbonyl (C=O) groups is 1. The van der Waals surface area contributed by atoms with Crippen LogP contribution in [0, 0.1) is 0 Å². The van der Waals surface area contributed by atoms with Gasteiger partial charge in [-0.3, -0.25) is 5.41 Å². The fourth-order valence-electron chi connectivity index (χ4n) is 2.23. The quantitative estimate of drug-likeness (QED) is 0.528. The summed E-state index contributed by atoms with van der Waals surface area (Å²) in [5.74, 6) is 0.290. The molecular formula is C15H24N5O3+. The van der Waals surface area contributed by atoms with Crippen LogP contribution >= 0.6 is 0 Å². The fraction of sp³-hybridized carbons (Fsp3) is 0.533. The molecule has 8 heteroatoms. The fourth-order valence-corrected chi connectivity index (χ4v) is 2.23. The zero-order valence-corrected chi connectivity index (χ0v) is 13.7. The van der Waals surface area contributed by atoms with E-state index in [2.05, 4.69) is 9.98 Å². The summed E-state index contributed by atoms with van der Waals surface area (Å²) in [6, 6.07) is 3.66. The maximum atomic E-state index is 12.2. The van der Waals surface area contributed by atoms with Crippen LogP contribution in [0.5, 0.6) is 0 Å². The Morgan fingerprint density at radius 1 is 1.57 bits per heavy atom. The molecule has 1 unspecified atom stereocenters. The molecule has 0 aliphatic carbocycles. The summed E-state index contributed by atoms with van der Waals surface area (Å²) >= 11 is 0. The van der Waals surface area contributed by atoms with Crippen molar-refractivity contribution in [3.63, 3.8) is 0 Å². The highest BCUT2D eigenvalue weighted by molar-refractivity contribution is 5.99. The number of nitrogens with two attached hydrogens (primary N) is 2.